The van der Waals surface area contributed by atoms with Gasteiger partial charge in [-0.3, -0.25) is 0 Å². The van der Waals surface area contributed by atoms with Crippen LogP contribution in [0.3, 0.4) is 0 Å². The van der Waals surface area contributed by atoms with Crippen molar-refractivity contribution >= 4 is 35.1 Å². The quantitative estimate of drug-likeness (QED) is 0.669. The second-order valence-electron chi connectivity index (χ2n) is 4.04. The fraction of sp³-hybridized carbons (Fsp3) is 0.231. The molecule has 0 bridgehead atoms. The van der Waals surface area contributed by atoms with E-state index in [4.69, 9.17) is 38.4 Å². The minimum absolute atomic E-state index is 0.00441. The number of carbonyl (C=O) groups is 1. The number of aryl methyl sites for hydroxylation is 1. The van der Waals surface area contributed by atoms with Gasteiger partial charge in [-0.1, -0.05) is 34.4 Å². The third kappa shape index (κ3) is 3.59. The van der Waals surface area contributed by atoms with E-state index in [1.54, 1.807) is 25.1 Å². The molecule has 0 amide bonds. The third-order valence-electron chi connectivity index (χ3n) is 2.58. The first-order valence-electron chi connectivity index (χ1n) is 5.96. The molecule has 6 nitrogen and oxygen atoms in total. The lowest BCUT2D eigenvalue weighted by atomic mass is 10.2. The highest BCUT2D eigenvalue weighted by Gasteiger charge is 2.19. The molecule has 112 valence electrons. The van der Waals surface area contributed by atoms with Gasteiger partial charge in [-0.15, -0.1) is 0 Å². The van der Waals surface area contributed by atoms with Crippen molar-refractivity contribution in [3.8, 4) is 5.75 Å². The molecule has 21 heavy (non-hydrogen) atoms. The van der Waals surface area contributed by atoms with E-state index in [1.807, 2.05) is 0 Å². The van der Waals surface area contributed by atoms with Crippen molar-refractivity contribution in [3.05, 3.63) is 39.5 Å². The molecular weight excluding hydrogens is 319 g/mol. The summed E-state index contributed by atoms with van der Waals surface area (Å²) in [6.07, 6.45) is 0. The van der Waals surface area contributed by atoms with Gasteiger partial charge in [0.2, 0.25) is 5.88 Å². The van der Waals surface area contributed by atoms with Crippen LogP contribution in [-0.4, -0.2) is 24.3 Å². The molecule has 0 aliphatic carbocycles. The highest BCUT2D eigenvalue weighted by atomic mass is 35.5. The summed E-state index contributed by atoms with van der Waals surface area (Å²) in [5.41, 5.74) is 5.97. The Morgan fingerprint density at radius 3 is 2.57 bits per heavy atom. The van der Waals surface area contributed by atoms with Crippen molar-refractivity contribution in [2.75, 3.05) is 18.9 Å². The molecule has 2 N–H and O–H groups in total. The highest BCUT2D eigenvalue weighted by Crippen LogP contribution is 2.32. The van der Waals surface area contributed by atoms with Gasteiger partial charge in [0.25, 0.3) is 0 Å². The number of halogens is 2. The Morgan fingerprint density at radius 2 is 2.00 bits per heavy atom. The number of para-hydroxylation sites is 1. The molecule has 0 radical (unpaired) electrons. The van der Waals surface area contributed by atoms with Crippen molar-refractivity contribution in [2.24, 2.45) is 0 Å². The van der Waals surface area contributed by atoms with Crippen LogP contribution in [0.15, 0.2) is 22.7 Å². The second kappa shape index (κ2) is 6.69. The summed E-state index contributed by atoms with van der Waals surface area (Å²) in [6, 6.07) is 5.00. The number of hydrogen-bond acceptors (Lipinski definition) is 6. The van der Waals surface area contributed by atoms with E-state index in [0.717, 1.165) is 0 Å². The standard InChI is InChI=1S/C13H12Cl2N2O4/c1-7-10(12(16)21-17-7)13(18)20-6-5-19-11-8(14)3-2-4-9(11)15/h2-4H,5-6,16H2,1H3. The minimum Gasteiger partial charge on any atom is -0.487 e. The van der Waals surface area contributed by atoms with Crippen LogP contribution in [-0.2, 0) is 4.74 Å². The second-order valence-corrected chi connectivity index (χ2v) is 4.86. The fourth-order valence-electron chi connectivity index (χ4n) is 1.61. The zero-order valence-corrected chi connectivity index (χ0v) is 12.6. The van der Waals surface area contributed by atoms with E-state index in [2.05, 4.69) is 9.68 Å². The predicted molar refractivity (Wildman–Crippen MR) is 77.9 cm³/mol. The van der Waals surface area contributed by atoms with Gasteiger partial charge in [0.15, 0.2) is 5.75 Å². The molecular formula is C13H12Cl2N2O4. The fourth-order valence-corrected chi connectivity index (χ4v) is 2.11. The van der Waals surface area contributed by atoms with Crippen LogP contribution in [0, 0.1) is 6.92 Å². The van der Waals surface area contributed by atoms with Crippen molar-refractivity contribution in [3.63, 3.8) is 0 Å². The molecule has 0 saturated carbocycles. The van der Waals surface area contributed by atoms with E-state index in [-0.39, 0.29) is 24.7 Å². The predicted octanol–water partition coefficient (Wildman–Crippen LogP) is 3.11. The molecule has 0 atom stereocenters. The zero-order chi connectivity index (χ0) is 15.4. The summed E-state index contributed by atoms with van der Waals surface area (Å²) >= 11 is 11.9. The number of nitrogen functional groups attached to an aromatic ring is 1. The molecule has 1 aromatic heterocycles. The van der Waals surface area contributed by atoms with Gasteiger partial charge in [-0.25, -0.2) is 4.79 Å². The number of aromatic nitrogens is 1. The van der Waals surface area contributed by atoms with Gasteiger partial charge in [-0.05, 0) is 19.1 Å². The SMILES string of the molecule is Cc1noc(N)c1C(=O)OCCOc1c(Cl)cccc1Cl. The van der Waals surface area contributed by atoms with E-state index in [0.29, 0.717) is 21.5 Å². The Balaban J connectivity index is 1.87. The number of esters is 1. The third-order valence-corrected chi connectivity index (χ3v) is 3.17. The maximum atomic E-state index is 11.8. The van der Waals surface area contributed by atoms with Crippen LogP contribution < -0.4 is 10.5 Å². The summed E-state index contributed by atoms with van der Waals surface area (Å²) in [7, 11) is 0. The molecule has 2 aromatic rings. The number of nitrogens with two attached hydrogens (primary N) is 1. The normalized spacial score (nSPS) is 10.4. The van der Waals surface area contributed by atoms with E-state index in [9.17, 15) is 4.79 Å². The number of benzene rings is 1. The van der Waals surface area contributed by atoms with Crippen molar-refractivity contribution in [1.82, 2.24) is 5.16 Å². The van der Waals surface area contributed by atoms with Crippen LogP contribution in [0.25, 0.3) is 0 Å². The van der Waals surface area contributed by atoms with Gasteiger partial charge in [0.05, 0.1) is 15.7 Å². The van der Waals surface area contributed by atoms with Crippen molar-refractivity contribution in [2.45, 2.75) is 6.92 Å². The molecule has 0 unspecified atom stereocenters. The van der Waals surface area contributed by atoms with E-state index >= 15 is 0 Å². The Morgan fingerprint density at radius 1 is 1.33 bits per heavy atom. The topological polar surface area (TPSA) is 87.6 Å². The van der Waals surface area contributed by atoms with E-state index < -0.39 is 5.97 Å². The molecule has 8 heteroatoms. The maximum absolute atomic E-state index is 11.8. The Kier molecular flexibility index (Phi) is 4.93. The first-order chi connectivity index (χ1) is 10.0. The van der Waals surface area contributed by atoms with Crippen molar-refractivity contribution < 1.29 is 18.8 Å². The Bertz CT molecular complexity index is 618. The highest BCUT2D eigenvalue weighted by molar-refractivity contribution is 6.37. The average Bonchev–Trinajstić information content (AvgIpc) is 2.76. The molecule has 1 aromatic carbocycles. The molecule has 2 rings (SSSR count). The van der Waals surface area contributed by atoms with Gasteiger partial charge < -0.3 is 19.7 Å². The molecule has 0 fully saturated rings. The van der Waals surface area contributed by atoms with Crippen LogP contribution >= 0.6 is 23.2 Å². The maximum Gasteiger partial charge on any atom is 0.345 e. The molecule has 0 aliphatic heterocycles. The summed E-state index contributed by atoms with van der Waals surface area (Å²) < 4.78 is 15.1. The molecule has 0 saturated heterocycles. The van der Waals surface area contributed by atoms with Gasteiger partial charge in [-0.2, -0.15) is 0 Å². The number of rotatable bonds is 5. The van der Waals surface area contributed by atoms with Crippen LogP contribution in [0.2, 0.25) is 10.0 Å². The first-order valence-corrected chi connectivity index (χ1v) is 6.72. The number of carbonyl (C=O) groups excluding carboxylic acids is 1. The number of nitrogens with zero attached hydrogens (tertiary/aromatic N) is 1. The largest absolute Gasteiger partial charge is 0.487 e. The first kappa shape index (κ1) is 15.5. The Hall–Kier alpha value is -1.92. The number of hydrogen-bond donors (Lipinski definition) is 1. The summed E-state index contributed by atoms with van der Waals surface area (Å²) in [6.45, 7) is 1.69. The summed E-state index contributed by atoms with van der Waals surface area (Å²) in [4.78, 5) is 11.8. The lowest BCUT2D eigenvalue weighted by molar-refractivity contribution is 0.0450. The van der Waals surface area contributed by atoms with Crippen LogP contribution in [0.4, 0.5) is 5.88 Å². The summed E-state index contributed by atoms with van der Waals surface area (Å²) in [5.74, 6) is -0.356. The molecule has 1 heterocycles. The smallest absolute Gasteiger partial charge is 0.345 e. The zero-order valence-electron chi connectivity index (χ0n) is 11.1. The van der Waals surface area contributed by atoms with Crippen LogP contribution in [0.1, 0.15) is 16.1 Å². The van der Waals surface area contributed by atoms with Gasteiger partial charge in [0.1, 0.15) is 18.8 Å². The molecule has 0 aliphatic rings. The summed E-state index contributed by atoms with van der Waals surface area (Å²) in [5, 5.41) is 4.33. The number of anilines is 1. The monoisotopic (exact) mass is 330 g/mol. The van der Waals surface area contributed by atoms with Crippen molar-refractivity contribution in [1.29, 1.82) is 0 Å². The minimum atomic E-state index is -0.625. The van der Waals surface area contributed by atoms with Gasteiger partial charge >= 0.3 is 5.97 Å². The number of ether oxygens (including phenoxy) is 2. The average molecular weight is 331 g/mol. The van der Waals surface area contributed by atoms with Crippen LogP contribution in [0.5, 0.6) is 5.75 Å². The lowest BCUT2D eigenvalue weighted by Crippen LogP contribution is -2.14. The van der Waals surface area contributed by atoms with E-state index in [1.165, 1.54) is 0 Å². The Labute approximate surface area is 130 Å². The lowest BCUT2D eigenvalue weighted by Gasteiger charge is -2.09. The molecule has 0 spiro atoms. The van der Waals surface area contributed by atoms with Gasteiger partial charge in [0, 0.05) is 0 Å².